The summed E-state index contributed by atoms with van der Waals surface area (Å²) >= 11 is 0. The zero-order valence-electron chi connectivity index (χ0n) is 11.0. The molecule has 1 aromatic carbocycles. The summed E-state index contributed by atoms with van der Waals surface area (Å²) in [6.45, 7) is 2.73. The van der Waals surface area contributed by atoms with Gasteiger partial charge in [-0.25, -0.2) is 4.39 Å². The molecule has 1 unspecified atom stereocenters. The summed E-state index contributed by atoms with van der Waals surface area (Å²) in [6.07, 6.45) is 5.07. The van der Waals surface area contributed by atoms with Crippen molar-refractivity contribution in [3.05, 3.63) is 35.1 Å². The van der Waals surface area contributed by atoms with Crippen molar-refractivity contribution in [2.24, 2.45) is 5.92 Å². The number of nitrogens with one attached hydrogen (secondary N) is 1. The Morgan fingerprint density at radius 3 is 2.83 bits per heavy atom. The third kappa shape index (κ3) is 3.53. The third-order valence-electron chi connectivity index (χ3n) is 3.64. The topological polar surface area (TPSA) is 32.3 Å². The zero-order chi connectivity index (χ0) is 13.0. The molecule has 0 aliphatic heterocycles. The number of halogens is 1. The lowest BCUT2D eigenvalue weighted by Gasteiger charge is -2.17. The van der Waals surface area contributed by atoms with E-state index in [-0.39, 0.29) is 12.4 Å². The fourth-order valence-corrected chi connectivity index (χ4v) is 2.42. The van der Waals surface area contributed by atoms with Gasteiger partial charge in [-0.3, -0.25) is 0 Å². The van der Waals surface area contributed by atoms with Crippen LogP contribution < -0.4 is 5.32 Å². The molecule has 2 nitrogen and oxygen atoms in total. The molecule has 2 N–H and O–H groups in total. The number of benzene rings is 1. The van der Waals surface area contributed by atoms with E-state index in [1.807, 2.05) is 0 Å². The van der Waals surface area contributed by atoms with Gasteiger partial charge in [0.25, 0.3) is 0 Å². The minimum Gasteiger partial charge on any atom is -0.392 e. The van der Waals surface area contributed by atoms with Gasteiger partial charge in [0.05, 0.1) is 6.61 Å². The van der Waals surface area contributed by atoms with Crippen LogP contribution in [0.4, 0.5) is 4.39 Å². The van der Waals surface area contributed by atoms with Gasteiger partial charge in [-0.05, 0) is 42.9 Å². The second-order valence-corrected chi connectivity index (χ2v) is 5.20. The van der Waals surface area contributed by atoms with Gasteiger partial charge in [0, 0.05) is 18.2 Å². The Morgan fingerprint density at radius 1 is 1.44 bits per heavy atom. The molecule has 1 fully saturated rings. The summed E-state index contributed by atoms with van der Waals surface area (Å²) in [6, 6.07) is 5.57. The fraction of sp³-hybridized carbons (Fsp3) is 0.600. The number of aliphatic hydroxyl groups excluding tert-OH is 1. The van der Waals surface area contributed by atoms with E-state index in [4.69, 9.17) is 5.11 Å². The SMILES string of the molecule is CCCC(NCc1ccc(F)c(CO)c1)C1CC1. The minimum absolute atomic E-state index is 0.235. The summed E-state index contributed by atoms with van der Waals surface area (Å²) in [5, 5.41) is 12.6. The van der Waals surface area contributed by atoms with Gasteiger partial charge >= 0.3 is 0 Å². The minimum atomic E-state index is -0.325. The number of aliphatic hydroxyl groups is 1. The first kappa shape index (κ1) is 13.5. The molecule has 1 saturated carbocycles. The average molecular weight is 251 g/mol. The first-order valence-electron chi connectivity index (χ1n) is 6.86. The van der Waals surface area contributed by atoms with E-state index in [0.29, 0.717) is 11.6 Å². The van der Waals surface area contributed by atoms with Crippen LogP contribution in [-0.4, -0.2) is 11.1 Å². The standard InChI is InChI=1S/C15H22FNO/c1-2-3-15(12-5-6-12)17-9-11-4-7-14(16)13(8-11)10-18/h4,7-8,12,15,17-18H,2-3,5-6,9-10H2,1H3. The maximum atomic E-state index is 13.2. The Morgan fingerprint density at radius 2 is 2.22 bits per heavy atom. The summed E-state index contributed by atoms with van der Waals surface area (Å²) < 4.78 is 13.2. The van der Waals surface area contributed by atoms with Crippen LogP contribution in [0.15, 0.2) is 18.2 Å². The molecule has 0 spiro atoms. The van der Waals surface area contributed by atoms with Crippen LogP contribution in [0.2, 0.25) is 0 Å². The van der Waals surface area contributed by atoms with Gasteiger partial charge in [0.1, 0.15) is 5.82 Å². The summed E-state index contributed by atoms with van der Waals surface area (Å²) in [5.41, 5.74) is 1.43. The summed E-state index contributed by atoms with van der Waals surface area (Å²) in [5.74, 6) is 0.510. The van der Waals surface area contributed by atoms with E-state index in [2.05, 4.69) is 12.2 Å². The van der Waals surface area contributed by atoms with Gasteiger partial charge in [0.15, 0.2) is 0 Å². The smallest absolute Gasteiger partial charge is 0.128 e. The van der Waals surface area contributed by atoms with Crippen LogP contribution in [0.1, 0.15) is 43.7 Å². The molecule has 3 heteroatoms. The lowest BCUT2D eigenvalue weighted by Crippen LogP contribution is -2.30. The Labute approximate surface area is 108 Å². The Kier molecular flexibility index (Phi) is 4.72. The molecule has 1 aromatic rings. The van der Waals surface area contributed by atoms with Crippen molar-refractivity contribution < 1.29 is 9.50 Å². The molecular formula is C15H22FNO. The maximum Gasteiger partial charge on any atom is 0.128 e. The second-order valence-electron chi connectivity index (χ2n) is 5.20. The maximum absolute atomic E-state index is 13.2. The molecule has 1 aliphatic carbocycles. The Balaban J connectivity index is 1.92. The van der Waals surface area contributed by atoms with E-state index < -0.39 is 0 Å². The predicted molar refractivity (Wildman–Crippen MR) is 70.6 cm³/mol. The Hall–Kier alpha value is -0.930. The van der Waals surface area contributed by atoms with Crippen LogP contribution in [0, 0.1) is 11.7 Å². The van der Waals surface area contributed by atoms with Gasteiger partial charge in [0.2, 0.25) is 0 Å². The molecule has 0 heterocycles. The van der Waals surface area contributed by atoms with Crippen molar-refractivity contribution in [3.63, 3.8) is 0 Å². The molecule has 1 aliphatic rings. The van der Waals surface area contributed by atoms with Crippen molar-refractivity contribution in [1.29, 1.82) is 0 Å². The van der Waals surface area contributed by atoms with E-state index in [9.17, 15) is 4.39 Å². The number of hydrogen-bond donors (Lipinski definition) is 2. The molecule has 0 saturated heterocycles. The summed E-state index contributed by atoms with van der Waals surface area (Å²) in [4.78, 5) is 0. The molecule has 0 radical (unpaired) electrons. The van der Waals surface area contributed by atoms with Gasteiger partial charge in [-0.2, -0.15) is 0 Å². The quantitative estimate of drug-likeness (QED) is 0.781. The van der Waals surface area contributed by atoms with Crippen LogP contribution in [-0.2, 0) is 13.2 Å². The highest BCUT2D eigenvalue weighted by atomic mass is 19.1. The molecule has 1 atom stereocenters. The van der Waals surface area contributed by atoms with Crippen molar-refractivity contribution in [2.75, 3.05) is 0 Å². The van der Waals surface area contributed by atoms with Crippen LogP contribution >= 0.6 is 0 Å². The zero-order valence-corrected chi connectivity index (χ0v) is 11.0. The fourth-order valence-electron chi connectivity index (χ4n) is 2.42. The monoisotopic (exact) mass is 251 g/mol. The summed E-state index contributed by atoms with van der Waals surface area (Å²) in [7, 11) is 0. The molecule has 18 heavy (non-hydrogen) atoms. The normalized spacial score (nSPS) is 16.8. The van der Waals surface area contributed by atoms with E-state index in [1.54, 1.807) is 12.1 Å². The highest BCUT2D eigenvalue weighted by molar-refractivity contribution is 5.24. The lowest BCUT2D eigenvalue weighted by molar-refractivity contribution is 0.275. The van der Waals surface area contributed by atoms with Crippen molar-refractivity contribution in [1.82, 2.24) is 5.32 Å². The second kappa shape index (κ2) is 6.30. The average Bonchev–Trinajstić information content (AvgIpc) is 3.20. The van der Waals surface area contributed by atoms with Crippen LogP contribution in [0.3, 0.4) is 0 Å². The van der Waals surface area contributed by atoms with Crippen molar-refractivity contribution >= 4 is 0 Å². The van der Waals surface area contributed by atoms with E-state index in [1.165, 1.54) is 31.7 Å². The molecule has 0 bridgehead atoms. The number of hydrogen-bond acceptors (Lipinski definition) is 2. The molecule has 0 aromatic heterocycles. The molecule has 100 valence electrons. The third-order valence-corrected chi connectivity index (χ3v) is 3.64. The first-order chi connectivity index (χ1) is 8.74. The van der Waals surface area contributed by atoms with Gasteiger partial charge in [-0.1, -0.05) is 19.4 Å². The van der Waals surface area contributed by atoms with Crippen molar-refractivity contribution in [3.8, 4) is 0 Å². The largest absolute Gasteiger partial charge is 0.392 e. The highest BCUT2D eigenvalue weighted by Crippen LogP contribution is 2.34. The molecule has 2 rings (SSSR count). The van der Waals surface area contributed by atoms with E-state index >= 15 is 0 Å². The molecular weight excluding hydrogens is 229 g/mol. The lowest BCUT2D eigenvalue weighted by atomic mass is 10.1. The molecule has 0 amide bonds. The van der Waals surface area contributed by atoms with Crippen molar-refractivity contribution in [2.45, 2.75) is 51.8 Å². The van der Waals surface area contributed by atoms with E-state index in [0.717, 1.165) is 18.0 Å². The Bertz CT molecular complexity index is 390. The first-order valence-corrected chi connectivity index (χ1v) is 6.86. The van der Waals surface area contributed by atoms with Gasteiger partial charge < -0.3 is 10.4 Å². The number of rotatable bonds is 7. The predicted octanol–water partition coefficient (Wildman–Crippen LogP) is 2.99. The van der Waals surface area contributed by atoms with Gasteiger partial charge in [-0.15, -0.1) is 0 Å². The van der Waals surface area contributed by atoms with Crippen LogP contribution in [0.5, 0.6) is 0 Å². The van der Waals surface area contributed by atoms with Crippen LogP contribution in [0.25, 0.3) is 0 Å². The highest BCUT2D eigenvalue weighted by Gasteiger charge is 2.29.